The van der Waals surface area contributed by atoms with Gasteiger partial charge >= 0.3 is 0 Å². The number of carbonyl (C=O) groups is 2. The third kappa shape index (κ3) is 6.83. The normalized spacial score (nSPS) is 14.9. The highest BCUT2D eigenvalue weighted by Crippen LogP contribution is 2.20. The van der Waals surface area contributed by atoms with E-state index in [4.69, 9.17) is 4.74 Å². The highest BCUT2D eigenvalue weighted by atomic mass is 79.9. The van der Waals surface area contributed by atoms with Crippen molar-refractivity contribution in [3.63, 3.8) is 0 Å². The number of benzene rings is 2. The number of ether oxygens (including phenoxy) is 1. The molecule has 2 aromatic carbocycles. The molecule has 5 nitrogen and oxygen atoms in total. The Morgan fingerprint density at radius 1 is 1.03 bits per heavy atom. The molecule has 3 rings (SSSR count). The molecule has 1 aliphatic rings. The predicted octanol–water partition coefficient (Wildman–Crippen LogP) is 5.43. The minimum absolute atomic E-state index is 0.108. The van der Waals surface area contributed by atoms with Crippen molar-refractivity contribution in [2.45, 2.75) is 71.0 Å². The molecule has 0 bridgehead atoms. The van der Waals surface area contributed by atoms with Crippen LogP contribution in [0.25, 0.3) is 0 Å². The minimum Gasteiger partial charge on any atom is -0.484 e. The molecule has 0 unspecified atom stereocenters. The van der Waals surface area contributed by atoms with E-state index in [9.17, 15) is 9.59 Å². The van der Waals surface area contributed by atoms with Gasteiger partial charge in [0.2, 0.25) is 5.91 Å². The number of nitrogens with zero attached hydrogens (tertiary/aromatic N) is 1. The zero-order valence-corrected chi connectivity index (χ0v) is 20.7. The maximum absolute atomic E-state index is 13.2. The molecule has 2 amide bonds. The average molecular weight is 501 g/mol. The highest BCUT2D eigenvalue weighted by Gasteiger charge is 2.28. The molecule has 0 aromatic heterocycles. The molecule has 1 N–H and O–H groups in total. The van der Waals surface area contributed by atoms with Gasteiger partial charge in [-0.2, -0.15) is 0 Å². The van der Waals surface area contributed by atoms with E-state index in [-0.39, 0.29) is 24.5 Å². The SMILES string of the molecule is CC(C)c1ccc(OCC(=O)N(Cc2ccc(Br)cc2)[C@H](C)C(=O)NC2CCCC2)cc1. The van der Waals surface area contributed by atoms with E-state index < -0.39 is 6.04 Å². The van der Waals surface area contributed by atoms with Gasteiger partial charge in [-0.25, -0.2) is 0 Å². The lowest BCUT2D eigenvalue weighted by Gasteiger charge is -2.29. The first-order chi connectivity index (χ1) is 15.3. The lowest BCUT2D eigenvalue weighted by Crippen LogP contribution is -2.50. The van der Waals surface area contributed by atoms with Crippen LogP contribution in [0.3, 0.4) is 0 Å². The summed E-state index contributed by atoms with van der Waals surface area (Å²) in [5, 5.41) is 3.12. The maximum Gasteiger partial charge on any atom is 0.261 e. The molecule has 6 heteroatoms. The Morgan fingerprint density at radius 2 is 1.66 bits per heavy atom. The van der Waals surface area contributed by atoms with Crippen LogP contribution in [0.1, 0.15) is 63.5 Å². The molecule has 0 aliphatic heterocycles. The average Bonchev–Trinajstić information content (AvgIpc) is 3.30. The Kier molecular flexibility index (Phi) is 8.74. The summed E-state index contributed by atoms with van der Waals surface area (Å²) in [4.78, 5) is 27.7. The summed E-state index contributed by atoms with van der Waals surface area (Å²) in [5.41, 5.74) is 2.18. The van der Waals surface area contributed by atoms with Gasteiger partial charge in [0.15, 0.2) is 6.61 Å². The van der Waals surface area contributed by atoms with Gasteiger partial charge in [0.25, 0.3) is 5.91 Å². The van der Waals surface area contributed by atoms with Gasteiger partial charge in [-0.3, -0.25) is 9.59 Å². The third-order valence-corrected chi connectivity index (χ3v) is 6.57. The zero-order valence-electron chi connectivity index (χ0n) is 19.1. The first-order valence-electron chi connectivity index (χ1n) is 11.4. The fourth-order valence-electron chi connectivity index (χ4n) is 3.94. The van der Waals surface area contributed by atoms with Crippen LogP contribution in [-0.4, -0.2) is 35.4 Å². The van der Waals surface area contributed by atoms with Crippen molar-refractivity contribution in [2.75, 3.05) is 6.61 Å². The van der Waals surface area contributed by atoms with Crippen molar-refractivity contribution in [1.29, 1.82) is 0 Å². The Hall–Kier alpha value is -2.34. The number of hydrogen-bond donors (Lipinski definition) is 1. The summed E-state index contributed by atoms with van der Waals surface area (Å²) in [6.07, 6.45) is 4.30. The summed E-state index contributed by atoms with van der Waals surface area (Å²) < 4.78 is 6.74. The first kappa shape index (κ1) is 24.3. The molecule has 0 spiro atoms. The molecule has 0 heterocycles. The lowest BCUT2D eigenvalue weighted by molar-refractivity contribution is -0.142. The second-order valence-corrected chi connectivity index (χ2v) is 9.74. The van der Waals surface area contributed by atoms with Crippen LogP contribution in [0.2, 0.25) is 0 Å². The maximum atomic E-state index is 13.2. The molecule has 1 atom stereocenters. The molecule has 1 fully saturated rings. The van der Waals surface area contributed by atoms with E-state index in [0.29, 0.717) is 18.2 Å². The molecular weight excluding hydrogens is 468 g/mol. The number of rotatable bonds is 9. The van der Waals surface area contributed by atoms with Crippen LogP contribution in [0.5, 0.6) is 5.75 Å². The van der Waals surface area contributed by atoms with Gasteiger partial charge in [-0.1, -0.05) is 66.9 Å². The van der Waals surface area contributed by atoms with Crippen LogP contribution >= 0.6 is 15.9 Å². The number of amides is 2. The van der Waals surface area contributed by atoms with Crippen molar-refractivity contribution in [3.05, 3.63) is 64.1 Å². The fourth-order valence-corrected chi connectivity index (χ4v) is 4.20. The third-order valence-electron chi connectivity index (χ3n) is 6.04. The van der Waals surface area contributed by atoms with E-state index >= 15 is 0 Å². The molecular formula is C26H33BrN2O3. The Bertz CT molecular complexity index is 890. The number of hydrogen-bond acceptors (Lipinski definition) is 3. The summed E-state index contributed by atoms with van der Waals surface area (Å²) >= 11 is 3.44. The van der Waals surface area contributed by atoms with Crippen molar-refractivity contribution < 1.29 is 14.3 Å². The van der Waals surface area contributed by atoms with Crippen molar-refractivity contribution in [3.8, 4) is 5.75 Å². The van der Waals surface area contributed by atoms with Gasteiger partial charge in [-0.15, -0.1) is 0 Å². The van der Waals surface area contributed by atoms with E-state index in [1.807, 2.05) is 48.5 Å². The molecule has 0 radical (unpaired) electrons. The van der Waals surface area contributed by atoms with E-state index in [0.717, 1.165) is 35.7 Å². The predicted molar refractivity (Wildman–Crippen MR) is 131 cm³/mol. The monoisotopic (exact) mass is 500 g/mol. The molecule has 2 aromatic rings. The summed E-state index contributed by atoms with van der Waals surface area (Å²) in [6.45, 7) is 6.30. The van der Waals surface area contributed by atoms with Crippen LogP contribution in [0, 0.1) is 0 Å². The summed E-state index contributed by atoms with van der Waals surface area (Å²) in [7, 11) is 0. The van der Waals surface area contributed by atoms with Crippen molar-refractivity contribution in [1.82, 2.24) is 10.2 Å². The second kappa shape index (κ2) is 11.5. The molecule has 32 heavy (non-hydrogen) atoms. The number of halogens is 1. The van der Waals surface area contributed by atoms with Crippen LogP contribution in [-0.2, 0) is 16.1 Å². The van der Waals surface area contributed by atoms with E-state index in [1.165, 1.54) is 5.56 Å². The number of nitrogens with one attached hydrogen (secondary N) is 1. The second-order valence-electron chi connectivity index (χ2n) is 8.83. The van der Waals surface area contributed by atoms with Gasteiger partial charge in [-0.05, 0) is 61.1 Å². The topological polar surface area (TPSA) is 58.6 Å². The molecule has 172 valence electrons. The van der Waals surface area contributed by atoms with Gasteiger partial charge in [0, 0.05) is 17.1 Å². The van der Waals surface area contributed by atoms with E-state index in [1.54, 1.807) is 11.8 Å². The Balaban J connectivity index is 1.68. The van der Waals surface area contributed by atoms with Crippen LogP contribution in [0.4, 0.5) is 0 Å². The fraction of sp³-hybridized carbons (Fsp3) is 0.462. The molecule has 1 aliphatic carbocycles. The zero-order chi connectivity index (χ0) is 23.1. The van der Waals surface area contributed by atoms with Crippen molar-refractivity contribution >= 4 is 27.7 Å². The van der Waals surface area contributed by atoms with Crippen molar-refractivity contribution in [2.24, 2.45) is 0 Å². The van der Waals surface area contributed by atoms with Crippen LogP contribution in [0.15, 0.2) is 53.0 Å². The van der Waals surface area contributed by atoms with Gasteiger partial charge in [0.05, 0.1) is 0 Å². The van der Waals surface area contributed by atoms with Gasteiger partial charge in [0.1, 0.15) is 11.8 Å². The summed E-state index contributed by atoms with van der Waals surface area (Å²) in [5.74, 6) is 0.763. The Labute approximate surface area is 199 Å². The smallest absolute Gasteiger partial charge is 0.261 e. The molecule has 1 saturated carbocycles. The minimum atomic E-state index is -0.585. The highest BCUT2D eigenvalue weighted by molar-refractivity contribution is 9.10. The van der Waals surface area contributed by atoms with Crippen LogP contribution < -0.4 is 10.1 Å². The quantitative estimate of drug-likeness (QED) is 0.499. The first-order valence-corrected chi connectivity index (χ1v) is 12.2. The standard InChI is InChI=1S/C26H33BrN2O3/c1-18(2)21-10-14-24(15-11-21)32-17-25(30)29(16-20-8-12-22(27)13-9-20)19(3)26(31)28-23-6-4-5-7-23/h8-15,18-19,23H,4-7,16-17H2,1-3H3,(H,28,31)/t19-/m1/s1. The Morgan fingerprint density at radius 3 is 2.25 bits per heavy atom. The van der Waals surface area contributed by atoms with E-state index in [2.05, 4.69) is 35.1 Å². The number of carbonyl (C=O) groups excluding carboxylic acids is 2. The van der Waals surface area contributed by atoms with Gasteiger partial charge < -0.3 is 15.0 Å². The largest absolute Gasteiger partial charge is 0.484 e. The molecule has 0 saturated heterocycles. The lowest BCUT2D eigenvalue weighted by atomic mass is 10.0. The summed E-state index contributed by atoms with van der Waals surface area (Å²) in [6, 6.07) is 15.2.